The van der Waals surface area contributed by atoms with Gasteiger partial charge in [-0.15, -0.1) is 11.8 Å². The van der Waals surface area contributed by atoms with Gasteiger partial charge in [0.15, 0.2) is 0 Å². The molecule has 2 saturated heterocycles. The summed E-state index contributed by atoms with van der Waals surface area (Å²) in [6, 6.07) is 20.9. The van der Waals surface area contributed by atoms with E-state index in [1.165, 1.54) is 11.8 Å². The van der Waals surface area contributed by atoms with Crippen LogP contribution in [0.15, 0.2) is 77.7 Å². The molecule has 2 atom stereocenters. The molecule has 4 N–H and O–H groups in total. The average molecular weight is 792 g/mol. The first-order valence-corrected chi connectivity index (χ1v) is 20.0. The summed E-state index contributed by atoms with van der Waals surface area (Å²) < 4.78 is 13.6. The highest BCUT2D eigenvalue weighted by atomic mass is 32.2. The van der Waals surface area contributed by atoms with Gasteiger partial charge in [-0.1, -0.05) is 24.3 Å². The summed E-state index contributed by atoms with van der Waals surface area (Å²) in [4.78, 5) is 79.8. The van der Waals surface area contributed by atoms with Crippen molar-refractivity contribution in [3.05, 3.63) is 89.5 Å². The maximum atomic E-state index is 13.4. The van der Waals surface area contributed by atoms with Crippen molar-refractivity contribution in [3.8, 4) is 22.8 Å². The third kappa shape index (κ3) is 7.61. The van der Waals surface area contributed by atoms with Crippen LogP contribution >= 0.6 is 11.8 Å². The zero-order valence-electron chi connectivity index (χ0n) is 31.0. The van der Waals surface area contributed by atoms with E-state index in [1.807, 2.05) is 64.2 Å². The number of fused-ring (bicyclic) bond motifs is 2. The van der Waals surface area contributed by atoms with Gasteiger partial charge in [-0.2, -0.15) is 5.10 Å². The number of carbonyl (C=O) groups is 6. The molecule has 5 heterocycles. The van der Waals surface area contributed by atoms with Crippen LogP contribution in [0.3, 0.4) is 0 Å². The Morgan fingerprint density at radius 1 is 0.877 bits per heavy atom. The first kappa shape index (κ1) is 37.9. The van der Waals surface area contributed by atoms with Crippen LogP contribution in [0.4, 0.5) is 5.82 Å². The zero-order chi connectivity index (χ0) is 39.6. The highest BCUT2D eigenvalue weighted by Crippen LogP contribution is 2.40. The largest absolute Gasteiger partial charge is 0.457 e. The molecule has 57 heavy (non-hydrogen) atoms. The lowest BCUT2D eigenvalue weighted by Crippen LogP contribution is -2.54. The number of thioether (sulfide) groups is 1. The summed E-state index contributed by atoms with van der Waals surface area (Å²) in [5.74, 6) is -0.219. The summed E-state index contributed by atoms with van der Waals surface area (Å²) in [7, 11) is 0. The molecule has 294 valence electrons. The van der Waals surface area contributed by atoms with Gasteiger partial charge in [-0.3, -0.25) is 39.0 Å². The van der Waals surface area contributed by atoms with Crippen molar-refractivity contribution in [1.29, 1.82) is 0 Å². The molecule has 3 aromatic carbocycles. The quantitative estimate of drug-likeness (QED) is 0.106. The molecule has 16 heteroatoms. The molecule has 0 radical (unpaired) electrons. The van der Waals surface area contributed by atoms with Crippen LogP contribution < -0.4 is 21.1 Å². The molecule has 8 rings (SSSR count). The number of primary amides is 1. The molecule has 4 aromatic rings. The van der Waals surface area contributed by atoms with Crippen molar-refractivity contribution < 1.29 is 38.2 Å². The Hall–Kier alpha value is -6.00. The number of piperidine rings is 2. The minimum Gasteiger partial charge on any atom is -0.457 e. The zero-order valence-corrected chi connectivity index (χ0v) is 31.8. The number of nitrogens with two attached hydrogens (primary N) is 1. The summed E-state index contributed by atoms with van der Waals surface area (Å²) in [6.07, 6.45) is 2.48. The maximum Gasteiger partial charge on any atom is 0.263 e. The van der Waals surface area contributed by atoms with Gasteiger partial charge in [-0.05, 0) is 80.1 Å². The molecule has 2 unspecified atom stereocenters. The Bertz CT molecular complexity index is 2240. The summed E-state index contributed by atoms with van der Waals surface area (Å²) in [5.41, 5.74) is 7.99. The fourth-order valence-electron chi connectivity index (χ4n) is 8.08. The second kappa shape index (κ2) is 16.2. The summed E-state index contributed by atoms with van der Waals surface area (Å²) in [5, 5.41) is 10.5. The third-order valence-corrected chi connectivity index (χ3v) is 11.9. The van der Waals surface area contributed by atoms with Crippen molar-refractivity contribution in [2.24, 2.45) is 11.7 Å². The van der Waals surface area contributed by atoms with E-state index in [1.54, 1.807) is 18.2 Å². The van der Waals surface area contributed by atoms with Gasteiger partial charge in [0.05, 0.1) is 23.8 Å². The number of aromatic nitrogens is 2. The summed E-state index contributed by atoms with van der Waals surface area (Å²) >= 11 is 1.33. The molecule has 0 bridgehead atoms. The van der Waals surface area contributed by atoms with E-state index in [2.05, 4.69) is 10.6 Å². The number of amides is 6. The smallest absolute Gasteiger partial charge is 0.263 e. The van der Waals surface area contributed by atoms with Gasteiger partial charge >= 0.3 is 0 Å². The normalized spacial score (nSPS) is 19.5. The molecule has 4 aliphatic heterocycles. The van der Waals surface area contributed by atoms with E-state index in [4.69, 9.17) is 20.3 Å². The van der Waals surface area contributed by atoms with Gasteiger partial charge in [0.2, 0.25) is 17.7 Å². The number of ether oxygens (including phenoxy) is 2. The maximum absolute atomic E-state index is 13.4. The Kier molecular flexibility index (Phi) is 10.8. The molecule has 4 aliphatic rings. The van der Waals surface area contributed by atoms with Crippen molar-refractivity contribution in [2.45, 2.75) is 49.1 Å². The molecule has 0 aliphatic carbocycles. The first-order valence-electron chi connectivity index (χ1n) is 19.0. The van der Waals surface area contributed by atoms with Gasteiger partial charge in [0.1, 0.15) is 41.2 Å². The van der Waals surface area contributed by atoms with Crippen LogP contribution in [0, 0.1) is 5.92 Å². The van der Waals surface area contributed by atoms with E-state index in [0.29, 0.717) is 53.1 Å². The number of carbonyl (C=O) groups excluding carboxylic acids is 6. The molecule has 1 aromatic heterocycles. The topological polar surface area (TPSA) is 195 Å². The Balaban J connectivity index is 0.834. The third-order valence-electron chi connectivity index (χ3n) is 10.9. The van der Waals surface area contributed by atoms with Crippen molar-refractivity contribution >= 4 is 53.0 Å². The lowest BCUT2D eigenvalue weighted by atomic mass is 9.87. The minimum atomic E-state index is -1.03. The summed E-state index contributed by atoms with van der Waals surface area (Å²) in [6.45, 7) is 1.95. The van der Waals surface area contributed by atoms with Gasteiger partial charge < -0.3 is 25.4 Å². The predicted molar refractivity (Wildman–Crippen MR) is 209 cm³/mol. The number of anilines is 1. The predicted octanol–water partition coefficient (Wildman–Crippen LogP) is 4.25. The number of rotatable bonds is 12. The Morgan fingerprint density at radius 2 is 1.63 bits per heavy atom. The second-order valence-corrected chi connectivity index (χ2v) is 15.5. The molecule has 15 nitrogen and oxygen atoms in total. The SMILES string of the molecule is NC(=O)c1c(-c2ccc(Oc3ccccc3)cc2)nn2c1NCCC2C1CCN(C(=O)COCCSc2cccc3c2C(=O)N(C2CCC(=O)NC2=O)C3=O)CC1. The van der Waals surface area contributed by atoms with Crippen molar-refractivity contribution in [2.75, 3.05) is 43.9 Å². The standard InChI is InChI=1S/C41H41N7O8S/c42-37(51)35-36(25-9-11-27(12-10-25)56-26-5-2-1-3-6-26)45-48-29(15-18-43-38(35)48)24-16-19-46(20-17-24)33(50)23-55-21-22-57-31-8-4-7-28-34(31)41(54)47(40(28)53)30-13-14-32(49)44-39(30)52/h1-12,24,29-30,43H,13-23H2,(H2,42,51)(H,44,49,52). The average Bonchev–Trinajstić information content (AvgIpc) is 3.74. The molecule has 0 saturated carbocycles. The van der Waals surface area contributed by atoms with E-state index in [0.717, 1.165) is 35.5 Å². The van der Waals surface area contributed by atoms with Gasteiger partial charge in [0, 0.05) is 42.3 Å². The van der Waals surface area contributed by atoms with E-state index in [9.17, 15) is 28.8 Å². The number of nitrogens with one attached hydrogen (secondary N) is 2. The van der Waals surface area contributed by atoms with Crippen LogP contribution in [0.2, 0.25) is 0 Å². The van der Waals surface area contributed by atoms with Gasteiger partial charge in [0.25, 0.3) is 17.7 Å². The number of para-hydroxylation sites is 1. The molecular weight excluding hydrogens is 751 g/mol. The van der Waals surface area contributed by atoms with E-state index in [-0.39, 0.29) is 55.0 Å². The molecule has 2 fully saturated rings. The highest BCUT2D eigenvalue weighted by molar-refractivity contribution is 7.99. The van der Waals surface area contributed by atoms with Crippen LogP contribution in [-0.2, 0) is 19.1 Å². The lowest BCUT2D eigenvalue weighted by Gasteiger charge is -2.38. The number of imide groups is 2. The first-order chi connectivity index (χ1) is 27.7. The number of hydrogen-bond donors (Lipinski definition) is 3. The monoisotopic (exact) mass is 791 g/mol. The Labute approximate surface area is 332 Å². The number of likely N-dealkylation sites (tertiary alicyclic amines) is 1. The molecule has 6 amide bonds. The number of benzene rings is 3. The van der Waals surface area contributed by atoms with Crippen LogP contribution in [0.5, 0.6) is 11.5 Å². The highest BCUT2D eigenvalue weighted by Gasteiger charge is 2.45. The van der Waals surface area contributed by atoms with Gasteiger partial charge in [-0.25, -0.2) is 4.68 Å². The van der Waals surface area contributed by atoms with Crippen LogP contribution in [-0.4, -0.2) is 99.7 Å². The molecular formula is C41H41N7O8S. The molecule has 0 spiro atoms. The fraction of sp³-hybridized carbons (Fsp3) is 0.341. The number of hydrogen-bond acceptors (Lipinski definition) is 11. The number of nitrogens with zero attached hydrogens (tertiary/aromatic N) is 4. The van der Waals surface area contributed by atoms with Crippen molar-refractivity contribution in [1.82, 2.24) is 24.9 Å². The lowest BCUT2D eigenvalue weighted by molar-refractivity contribution is -0.138. The van der Waals surface area contributed by atoms with E-state index >= 15 is 0 Å². The minimum absolute atomic E-state index is 0.0250. The fourth-order valence-corrected chi connectivity index (χ4v) is 9.02. The second-order valence-electron chi connectivity index (χ2n) is 14.3. The van der Waals surface area contributed by atoms with Crippen molar-refractivity contribution in [3.63, 3.8) is 0 Å². The Morgan fingerprint density at radius 3 is 2.37 bits per heavy atom. The van der Waals surface area contributed by atoms with Crippen LogP contribution in [0.25, 0.3) is 11.3 Å². The van der Waals surface area contributed by atoms with E-state index < -0.39 is 35.6 Å². The van der Waals surface area contributed by atoms with Crippen LogP contribution in [0.1, 0.15) is 69.2 Å².